The fraction of sp³-hybridized carbons (Fsp3) is 0.427. The smallest absolute Gasteiger partial charge is 0.336 e. The van der Waals surface area contributed by atoms with Gasteiger partial charge in [0.1, 0.15) is 10.0 Å². The van der Waals surface area contributed by atoms with E-state index in [0.29, 0.717) is 6.61 Å². The lowest BCUT2D eigenvalue weighted by Gasteiger charge is -2.05. The highest BCUT2D eigenvalue weighted by atomic mass is 32.1. The zero-order chi connectivity index (χ0) is 60.6. The number of allylic oxidation sites excluding steroid dienone is 1. The van der Waals surface area contributed by atoms with Crippen molar-refractivity contribution >= 4 is 107 Å². The van der Waals surface area contributed by atoms with Crippen LogP contribution in [0.1, 0.15) is 210 Å². The van der Waals surface area contributed by atoms with Gasteiger partial charge in [-0.3, -0.25) is 4.79 Å². The van der Waals surface area contributed by atoms with Gasteiger partial charge in [-0.05, 0) is 139 Å². The van der Waals surface area contributed by atoms with E-state index in [4.69, 9.17) is 21.3 Å². The molecule has 6 aromatic heterocycles. The van der Waals surface area contributed by atoms with E-state index in [-0.39, 0.29) is 5.70 Å². The van der Waals surface area contributed by atoms with Crippen LogP contribution >= 0.6 is 68.0 Å². The lowest BCUT2D eigenvalue weighted by atomic mass is 10.0. The third-order valence-electron chi connectivity index (χ3n) is 16.2. The summed E-state index contributed by atoms with van der Waals surface area (Å²) in [5, 5.41) is 12.0. The van der Waals surface area contributed by atoms with Gasteiger partial charge in [-0.1, -0.05) is 205 Å². The first kappa shape index (κ1) is 65.6. The first-order valence-corrected chi connectivity index (χ1v) is 37.4. The molecule has 6 heterocycles. The standard InChI is InChI=1S/C75H86N4O2S6/c1-6-10-14-18-22-26-30-55(52-76)46-53-33-37-56(38-34-53)63-41-43-65(82-63)71-58(31-27-23-19-15-11-7-2)48-69(84-71)73-78-60-50-68-61(51-67(60)86-73)79-74(87-68)70-49-59(32-28-24-20-16-12-8-3)72(85-70)66-44-42-64(83-66)57-39-35-54(36-40-57)47-62(77-5)75(80)81-45-29-25-21-17-13-9-4/h33-44,46-51H,6-32,45H2,1-4H3/b55-46-,62-47-. The second kappa shape index (κ2) is 34.8. The molecule has 0 bridgehead atoms. The summed E-state index contributed by atoms with van der Waals surface area (Å²) in [5.41, 5.74) is 9.99. The molecule has 0 unspecified atom stereocenters. The summed E-state index contributed by atoms with van der Waals surface area (Å²) < 4.78 is 7.81. The Balaban J connectivity index is 0.914. The van der Waals surface area contributed by atoms with Gasteiger partial charge in [0.15, 0.2) is 0 Å². The third kappa shape index (κ3) is 18.9. The molecule has 0 radical (unpaired) electrons. The second-order valence-corrected chi connectivity index (χ2v) is 29.5. The van der Waals surface area contributed by atoms with Gasteiger partial charge >= 0.3 is 5.97 Å². The fourth-order valence-corrected chi connectivity index (χ4v) is 18.0. The summed E-state index contributed by atoms with van der Waals surface area (Å²) in [6, 6.07) is 37.9. The van der Waals surface area contributed by atoms with Crippen molar-refractivity contribution in [3.63, 3.8) is 0 Å². The molecule has 0 saturated carbocycles. The van der Waals surface area contributed by atoms with Crippen LogP contribution in [0.2, 0.25) is 0 Å². The molecule has 9 rings (SSSR count). The SMILES string of the molecule is [C-]#[N+]/C(=C\c1ccc(-c2ccc(-c3sc(-c4nc5cc6sc(-c7cc(CCCCCCCC)c(-c8ccc(-c9ccc(/C=C(\C#N)CCCCCCCC)cc9)s8)s7)nc6cc5s4)cc3CCCCCCCC)s2)cc1)C(=O)OCCCCCCCC. The molecule has 0 aliphatic carbocycles. The van der Waals surface area contributed by atoms with Gasteiger partial charge in [-0.2, -0.15) is 5.26 Å². The number of hydrogen-bond donors (Lipinski definition) is 0. The largest absolute Gasteiger partial charge is 0.471 e. The van der Waals surface area contributed by atoms with Crippen LogP contribution in [-0.4, -0.2) is 22.5 Å². The molecule has 6 nitrogen and oxygen atoms in total. The molecule has 0 aliphatic rings. The Morgan fingerprint density at radius 3 is 1.34 bits per heavy atom. The number of fused-ring (bicyclic) bond motifs is 2. The molecule has 3 aromatic carbocycles. The number of thiazole rings is 2. The molecule has 0 fully saturated rings. The quantitative estimate of drug-likeness (QED) is 0.0127. The number of ether oxygens (including phenoxy) is 1. The molecule has 0 saturated heterocycles. The van der Waals surface area contributed by atoms with Crippen molar-refractivity contribution in [3.8, 4) is 66.2 Å². The Morgan fingerprint density at radius 2 is 0.897 bits per heavy atom. The molecular formula is C75H86N4O2S6. The molecular weight excluding hydrogens is 1180 g/mol. The predicted octanol–water partition coefficient (Wildman–Crippen LogP) is 25.8. The van der Waals surface area contributed by atoms with Crippen molar-refractivity contribution in [2.24, 2.45) is 0 Å². The number of nitriles is 1. The van der Waals surface area contributed by atoms with E-state index in [1.54, 1.807) is 28.7 Å². The first-order valence-electron chi connectivity index (χ1n) is 32.5. The Labute approximate surface area is 543 Å². The molecule has 9 aromatic rings. The van der Waals surface area contributed by atoms with E-state index in [9.17, 15) is 10.1 Å². The molecule has 0 spiro atoms. The van der Waals surface area contributed by atoms with Gasteiger partial charge in [0.05, 0.1) is 49.4 Å². The van der Waals surface area contributed by atoms with Crippen molar-refractivity contribution in [2.45, 2.75) is 201 Å². The number of benzene rings is 3. The van der Waals surface area contributed by atoms with Gasteiger partial charge in [-0.15, -0.1) is 68.0 Å². The van der Waals surface area contributed by atoms with Crippen LogP contribution in [0.3, 0.4) is 0 Å². The zero-order valence-corrected chi connectivity index (χ0v) is 56.6. The molecule has 454 valence electrons. The Bertz CT molecular complexity index is 3700. The number of nitrogens with zero attached hydrogens (tertiary/aromatic N) is 4. The van der Waals surface area contributed by atoms with E-state index in [2.05, 4.69) is 130 Å². The van der Waals surface area contributed by atoms with Crippen LogP contribution in [0.5, 0.6) is 0 Å². The highest BCUT2D eigenvalue weighted by Crippen LogP contribution is 2.48. The number of rotatable bonds is 37. The summed E-state index contributed by atoms with van der Waals surface area (Å²) >= 11 is 11.0. The number of hydrogen-bond acceptors (Lipinski definition) is 11. The van der Waals surface area contributed by atoms with Gasteiger partial charge in [0.25, 0.3) is 5.70 Å². The first-order chi connectivity index (χ1) is 42.8. The predicted molar refractivity (Wildman–Crippen MR) is 382 cm³/mol. The van der Waals surface area contributed by atoms with Gasteiger partial charge < -0.3 is 4.74 Å². The molecule has 0 atom stereocenters. The van der Waals surface area contributed by atoms with E-state index < -0.39 is 5.97 Å². The molecule has 0 N–H and O–H groups in total. The maximum atomic E-state index is 12.8. The zero-order valence-electron chi connectivity index (χ0n) is 51.7. The van der Waals surface area contributed by atoms with Crippen molar-refractivity contribution < 1.29 is 9.53 Å². The van der Waals surface area contributed by atoms with Crippen molar-refractivity contribution in [3.05, 3.63) is 142 Å². The lowest BCUT2D eigenvalue weighted by Crippen LogP contribution is -2.07. The second-order valence-electron chi connectivity index (χ2n) is 23.2. The van der Waals surface area contributed by atoms with E-state index in [1.165, 1.54) is 189 Å². The minimum absolute atomic E-state index is 0.0104. The number of carbonyl (C=O) groups is 1. The van der Waals surface area contributed by atoms with Crippen molar-refractivity contribution in [1.82, 2.24) is 9.97 Å². The molecule has 12 heteroatoms. The van der Waals surface area contributed by atoms with E-state index in [1.807, 2.05) is 57.5 Å². The lowest BCUT2D eigenvalue weighted by molar-refractivity contribution is -0.138. The molecule has 0 aliphatic heterocycles. The van der Waals surface area contributed by atoms with Crippen LogP contribution < -0.4 is 0 Å². The highest BCUT2D eigenvalue weighted by Gasteiger charge is 2.21. The van der Waals surface area contributed by atoms with Crippen LogP contribution in [-0.2, 0) is 22.4 Å². The fourth-order valence-electron chi connectivity index (χ4n) is 11.2. The van der Waals surface area contributed by atoms with Gasteiger partial charge in [0, 0.05) is 34.8 Å². The highest BCUT2D eigenvalue weighted by molar-refractivity contribution is 7.30. The number of esters is 1. The topological polar surface area (TPSA) is 80.2 Å². The summed E-state index contributed by atoms with van der Waals surface area (Å²) in [6.07, 6.45) is 35.9. The van der Waals surface area contributed by atoms with Crippen LogP contribution in [0.25, 0.3) is 97.6 Å². The number of unbranched alkanes of at least 4 members (excludes halogenated alkanes) is 20. The molecule has 87 heavy (non-hydrogen) atoms. The van der Waals surface area contributed by atoms with Crippen molar-refractivity contribution in [2.75, 3.05) is 6.61 Å². The summed E-state index contributed by atoms with van der Waals surface area (Å²) in [6.45, 7) is 17.1. The Hall–Kier alpha value is -5.83. The summed E-state index contributed by atoms with van der Waals surface area (Å²) in [5.74, 6) is -0.547. The normalized spacial score (nSPS) is 12.0. The maximum Gasteiger partial charge on any atom is 0.336 e. The van der Waals surface area contributed by atoms with Crippen molar-refractivity contribution in [1.29, 1.82) is 5.26 Å². The number of carbonyl (C=O) groups excluding carboxylic acids is 1. The van der Waals surface area contributed by atoms with Gasteiger partial charge in [0.2, 0.25) is 0 Å². The average molecular weight is 1270 g/mol. The Morgan fingerprint density at radius 1 is 0.483 bits per heavy atom. The van der Waals surface area contributed by atoms with E-state index in [0.717, 1.165) is 93.0 Å². The number of thiophene rings is 4. The van der Waals surface area contributed by atoms with Crippen LogP contribution in [0, 0.1) is 17.9 Å². The third-order valence-corrected chi connectivity index (χ3v) is 23.6. The maximum absolute atomic E-state index is 12.8. The Kier molecular flexibility index (Phi) is 26.2. The molecule has 0 amide bonds. The summed E-state index contributed by atoms with van der Waals surface area (Å²) in [4.78, 5) is 37.2. The van der Waals surface area contributed by atoms with Gasteiger partial charge in [-0.25, -0.2) is 14.8 Å². The monoisotopic (exact) mass is 1270 g/mol. The number of aryl methyl sites for hydroxylation is 2. The number of aromatic nitrogens is 2. The minimum Gasteiger partial charge on any atom is -0.471 e. The van der Waals surface area contributed by atoms with E-state index >= 15 is 0 Å². The van der Waals surface area contributed by atoms with Crippen LogP contribution in [0.15, 0.2) is 108 Å². The average Bonchev–Trinajstić information content (AvgIpc) is 2.53. The minimum atomic E-state index is -0.547. The summed E-state index contributed by atoms with van der Waals surface area (Å²) in [7, 11) is 0. The van der Waals surface area contributed by atoms with Crippen LogP contribution in [0.4, 0.5) is 0 Å².